The Hall–Kier alpha value is -1.87. The summed E-state index contributed by atoms with van der Waals surface area (Å²) in [5, 5.41) is 3.28. The third-order valence-electron chi connectivity index (χ3n) is 2.94. The first-order valence-electron chi connectivity index (χ1n) is 5.99. The van der Waals surface area contributed by atoms with Crippen LogP contribution in [-0.4, -0.2) is 10.9 Å². The average molecular weight is 275 g/mol. The van der Waals surface area contributed by atoms with Crippen molar-refractivity contribution in [1.82, 2.24) is 4.98 Å². The quantitative estimate of drug-likeness (QED) is 0.844. The number of benzene rings is 1. The van der Waals surface area contributed by atoms with Gasteiger partial charge in [-0.05, 0) is 44.5 Å². The summed E-state index contributed by atoms with van der Waals surface area (Å²) in [6.07, 6.45) is 0. The van der Waals surface area contributed by atoms with Gasteiger partial charge in [-0.15, -0.1) is 0 Å². The SMILES string of the molecule is Cc1ccc(C)c(C(=O)Nc2ccc(Cl)nc2C)c1. The molecule has 98 valence electrons. The molecule has 1 aromatic heterocycles. The molecule has 0 aliphatic heterocycles. The van der Waals surface area contributed by atoms with E-state index in [0.717, 1.165) is 11.1 Å². The Morgan fingerprint density at radius 3 is 2.58 bits per heavy atom. The highest BCUT2D eigenvalue weighted by Crippen LogP contribution is 2.18. The molecule has 0 fully saturated rings. The van der Waals surface area contributed by atoms with Gasteiger partial charge in [0.05, 0.1) is 11.4 Å². The van der Waals surface area contributed by atoms with E-state index in [0.29, 0.717) is 22.1 Å². The first kappa shape index (κ1) is 13.6. The molecule has 2 rings (SSSR count). The number of rotatable bonds is 2. The van der Waals surface area contributed by atoms with Gasteiger partial charge in [0.1, 0.15) is 5.15 Å². The average Bonchev–Trinajstić information content (AvgIpc) is 2.35. The molecule has 0 radical (unpaired) electrons. The summed E-state index contributed by atoms with van der Waals surface area (Å²) in [4.78, 5) is 16.4. The van der Waals surface area contributed by atoms with Crippen molar-refractivity contribution < 1.29 is 4.79 Å². The van der Waals surface area contributed by atoms with E-state index < -0.39 is 0 Å². The number of aromatic nitrogens is 1. The summed E-state index contributed by atoms with van der Waals surface area (Å²) in [5.41, 5.74) is 4.06. The minimum absolute atomic E-state index is 0.131. The van der Waals surface area contributed by atoms with Crippen LogP contribution in [0.3, 0.4) is 0 Å². The number of anilines is 1. The lowest BCUT2D eigenvalue weighted by molar-refractivity contribution is 0.102. The molecule has 1 heterocycles. The van der Waals surface area contributed by atoms with Crippen molar-refractivity contribution in [2.45, 2.75) is 20.8 Å². The molecule has 0 aliphatic rings. The molecule has 1 aromatic carbocycles. The smallest absolute Gasteiger partial charge is 0.255 e. The van der Waals surface area contributed by atoms with Crippen LogP contribution >= 0.6 is 11.6 Å². The first-order valence-corrected chi connectivity index (χ1v) is 6.37. The van der Waals surface area contributed by atoms with Crippen LogP contribution in [0.1, 0.15) is 27.2 Å². The van der Waals surface area contributed by atoms with E-state index in [9.17, 15) is 4.79 Å². The first-order chi connectivity index (χ1) is 8.97. The fourth-order valence-corrected chi connectivity index (χ4v) is 2.02. The van der Waals surface area contributed by atoms with Gasteiger partial charge in [0, 0.05) is 5.56 Å². The number of nitrogens with one attached hydrogen (secondary N) is 1. The summed E-state index contributed by atoms with van der Waals surface area (Å²) in [5.74, 6) is -0.131. The number of amides is 1. The second-order valence-electron chi connectivity index (χ2n) is 4.54. The fraction of sp³-hybridized carbons (Fsp3) is 0.200. The Morgan fingerprint density at radius 1 is 1.16 bits per heavy atom. The van der Waals surface area contributed by atoms with Gasteiger partial charge >= 0.3 is 0 Å². The monoisotopic (exact) mass is 274 g/mol. The number of nitrogens with zero attached hydrogens (tertiary/aromatic N) is 1. The predicted molar refractivity (Wildman–Crippen MR) is 77.9 cm³/mol. The highest BCUT2D eigenvalue weighted by molar-refractivity contribution is 6.29. The summed E-state index contributed by atoms with van der Waals surface area (Å²) >= 11 is 5.79. The van der Waals surface area contributed by atoms with Crippen LogP contribution in [0.25, 0.3) is 0 Å². The molecule has 1 amide bonds. The minimum Gasteiger partial charge on any atom is -0.320 e. The number of aryl methyl sites for hydroxylation is 3. The van der Waals surface area contributed by atoms with Gasteiger partial charge in [-0.2, -0.15) is 0 Å². The molecule has 2 aromatic rings. The summed E-state index contributed by atoms with van der Waals surface area (Å²) in [7, 11) is 0. The third kappa shape index (κ3) is 3.12. The van der Waals surface area contributed by atoms with E-state index in [2.05, 4.69) is 10.3 Å². The molecule has 3 nitrogen and oxygen atoms in total. The van der Waals surface area contributed by atoms with Crippen LogP contribution in [0, 0.1) is 20.8 Å². The van der Waals surface area contributed by atoms with Crippen LogP contribution < -0.4 is 5.32 Å². The molecule has 1 N–H and O–H groups in total. The molecule has 0 spiro atoms. The van der Waals surface area contributed by atoms with E-state index in [1.54, 1.807) is 12.1 Å². The fourth-order valence-electron chi connectivity index (χ4n) is 1.83. The lowest BCUT2D eigenvalue weighted by Gasteiger charge is -2.10. The number of carbonyl (C=O) groups is 1. The van der Waals surface area contributed by atoms with Crippen molar-refractivity contribution in [2.24, 2.45) is 0 Å². The molecule has 0 unspecified atom stereocenters. The van der Waals surface area contributed by atoms with Gasteiger partial charge in [-0.25, -0.2) is 4.98 Å². The minimum atomic E-state index is -0.131. The Bertz CT molecular complexity index is 638. The molecular weight excluding hydrogens is 260 g/mol. The number of hydrogen-bond donors (Lipinski definition) is 1. The van der Waals surface area contributed by atoms with Gasteiger partial charge in [0.2, 0.25) is 0 Å². The van der Waals surface area contributed by atoms with Crippen molar-refractivity contribution in [3.8, 4) is 0 Å². The Labute approximate surface area is 117 Å². The Morgan fingerprint density at radius 2 is 1.89 bits per heavy atom. The molecular formula is C15H15ClN2O. The van der Waals surface area contributed by atoms with E-state index in [4.69, 9.17) is 11.6 Å². The number of halogens is 1. The van der Waals surface area contributed by atoms with E-state index in [1.807, 2.05) is 39.0 Å². The van der Waals surface area contributed by atoms with Crippen molar-refractivity contribution in [3.63, 3.8) is 0 Å². The summed E-state index contributed by atoms with van der Waals surface area (Å²) in [6.45, 7) is 5.69. The van der Waals surface area contributed by atoms with Crippen molar-refractivity contribution >= 4 is 23.2 Å². The zero-order valence-corrected chi connectivity index (χ0v) is 11.9. The summed E-state index contributed by atoms with van der Waals surface area (Å²) < 4.78 is 0. The molecule has 0 bridgehead atoms. The molecule has 0 saturated carbocycles. The molecule has 4 heteroatoms. The van der Waals surface area contributed by atoms with Crippen molar-refractivity contribution in [3.05, 3.63) is 57.9 Å². The standard InChI is InChI=1S/C15H15ClN2O/c1-9-4-5-10(2)12(8-9)15(19)18-13-6-7-14(16)17-11(13)3/h4-8H,1-3H3,(H,18,19). The maximum Gasteiger partial charge on any atom is 0.255 e. The lowest BCUT2D eigenvalue weighted by Crippen LogP contribution is -2.14. The normalized spacial score (nSPS) is 10.3. The highest BCUT2D eigenvalue weighted by Gasteiger charge is 2.11. The van der Waals surface area contributed by atoms with Gasteiger partial charge in [0.15, 0.2) is 0 Å². The topological polar surface area (TPSA) is 42.0 Å². The van der Waals surface area contributed by atoms with E-state index >= 15 is 0 Å². The molecule has 0 aliphatic carbocycles. The molecule has 0 atom stereocenters. The lowest BCUT2D eigenvalue weighted by atomic mass is 10.0. The maximum atomic E-state index is 12.3. The third-order valence-corrected chi connectivity index (χ3v) is 3.15. The van der Waals surface area contributed by atoms with Gasteiger partial charge in [-0.1, -0.05) is 29.3 Å². The predicted octanol–water partition coefficient (Wildman–Crippen LogP) is 3.91. The van der Waals surface area contributed by atoms with E-state index in [1.165, 1.54) is 0 Å². The van der Waals surface area contributed by atoms with Gasteiger partial charge in [-0.3, -0.25) is 4.79 Å². The van der Waals surface area contributed by atoms with Crippen LogP contribution in [0.15, 0.2) is 30.3 Å². The van der Waals surface area contributed by atoms with Crippen LogP contribution in [-0.2, 0) is 0 Å². The van der Waals surface area contributed by atoms with Crippen LogP contribution in [0.4, 0.5) is 5.69 Å². The highest BCUT2D eigenvalue weighted by atomic mass is 35.5. The largest absolute Gasteiger partial charge is 0.320 e. The second-order valence-corrected chi connectivity index (χ2v) is 4.93. The Balaban J connectivity index is 2.28. The number of carbonyl (C=O) groups excluding carboxylic acids is 1. The van der Waals surface area contributed by atoms with Crippen LogP contribution in [0.2, 0.25) is 5.15 Å². The molecule has 0 saturated heterocycles. The van der Waals surface area contributed by atoms with E-state index in [-0.39, 0.29) is 5.91 Å². The molecule has 19 heavy (non-hydrogen) atoms. The van der Waals surface area contributed by atoms with Gasteiger partial charge < -0.3 is 5.32 Å². The van der Waals surface area contributed by atoms with Crippen molar-refractivity contribution in [2.75, 3.05) is 5.32 Å². The zero-order chi connectivity index (χ0) is 14.0. The van der Waals surface area contributed by atoms with Crippen molar-refractivity contribution in [1.29, 1.82) is 0 Å². The zero-order valence-electron chi connectivity index (χ0n) is 11.1. The van der Waals surface area contributed by atoms with Gasteiger partial charge in [0.25, 0.3) is 5.91 Å². The summed E-state index contributed by atoms with van der Waals surface area (Å²) in [6, 6.07) is 9.22. The maximum absolute atomic E-state index is 12.3. The Kier molecular flexibility index (Phi) is 3.86. The van der Waals surface area contributed by atoms with Crippen LogP contribution in [0.5, 0.6) is 0 Å². The number of pyridine rings is 1. The second kappa shape index (κ2) is 5.41. The number of hydrogen-bond acceptors (Lipinski definition) is 2.